The Balaban J connectivity index is 1.20. The molecule has 1 aromatic carbocycles. The van der Waals surface area contributed by atoms with Crippen molar-refractivity contribution in [2.24, 2.45) is 0 Å². The van der Waals surface area contributed by atoms with Crippen LogP contribution in [-0.4, -0.2) is 46.3 Å². The predicted molar refractivity (Wildman–Crippen MR) is 153 cm³/mol. The summed E-state index contributed by atoms with van der Waals surface area (Å²) in [6.45, 7) is 4.40. The minimum absolute atomic E-state index is 0.253. The van der Waals surface area contributed by atoms with Gasteiger partial charge in [-0.25, -0.2) is 0 Å². The molecule has 0 spiro atoms. The lowest BCUT2D eigenvalue weighted by Gasteiger charge is -2.19. The highest BCUT2D eigenvalue weighted by atomic mass is 32.2. The van der Waals surface area contributed by atoms with Crippen LogP contribution in [0.5, 0.6) is 11.5 Å². The first-order chi connectivity index (χ1) is 19.3. The fourth-order valence-electron chi connectivity index (χ4n) is 5.31. The Bertz CT molecular complexity index is 1640. The molecule has 40 heavy (non-hydrogen) atoms. The Morgan fingerprint density at radius 3 is 2.70 bits per heavy atom. The van der Waals surface area contributed by atoms with Crippen LogP contribution in [0.15, 0.2) is 29.2 Å². The molecule has 4 heterocycles. The van der Waals surface area contributed by atoms with Crippen LogP contribution in [0.4, 0.5) is 10.5 Å². The number of nitrogens with zero attached hydrogens (tertiary/aromatic N) is 3. The first-order valence-electron chi connectivity index (χ1n) is 13.0. The van der Waals surface area contributed by atoms with Gasteiger partial charge in [0.25, 0.3) is 11.1 Å². The van der Waals surface area contributed by atoms with Crippen LogP contribution in [0.1, 0.15) is 45.8 Å². The third-order valence-electron chi connectivity index (χ3n) is 7.23. The number of fused-ring (bicyclic) bond motifs is 2. The van der Waals surface area contributed by atoms with Crippen LogP contribution in [-0.2, 0) is 22.4 Å². The van der Waals surface area contributed by atoms with Crippen molar-refractivity contribution in [1.82, 2.24) is 9.47 Å². The number of nitriles is 1. The van der Waals surface area contributed by atoms with Gasteiger partial charge in [0, 0.05) is 28.0 Å². The van der Waals surface area contributed by atoms with Gasteiger partial charge >= 0.3 is 0 Å². The third-order valence-corrected chi connectivity index (χ3v) is 9.41. The first-order valence-corrected chi connectivity index (χ1v) is 14.7. The topological polar surface area (TPSA) is 114 Å². The maximum absolute atomic E-state index is 13.2. The van der Waals surface area contributed by atoms with Crippen molar-refractivity contribution in [3.63, 3.8) is 0 Å². The van der Waals surface area contributed by atoms with Crippen LogP contribution in [0, 0.1) is 25.2 Å². The van der Waals surface area contributed by atoms with Crippen LogP contribution in [0.25, 0.3) is 11.1 Å². The Morgan fingerprint density at radius 2 is 1.90 bits per heavy atom. The highest BCUT2D eigenvalue weighted by Crippen LogP contribution is 2.39. The maximum Gasteiger partial charge on any atom is 0.294 e. The van der Waals surface area contributed by atoms with Crippen molar-refractivity contribution < 1.29 is 23.9 Å². The largest absolute Gasteiger partial charge is 0.486 e. The molecule has 0 bridgehead atoms. The number of ether oxygens (including phenoxy) is 2. The van der Waals surface area contributed by atoms with Crippen molar-refractivity contribution in [3.8, 4) is 22.6 Å². The minimum atomic E-state index is -0.513. The van der Waals surface area contributed by atoms with Crippen LogP contribution >= 0.6 is 23.1 Å². The molecular weight excluding hydrogens is 548 g/mol. The number of thiophene rings is 1. The zero-order chi connectivity index (χ0) is 28.0. The molecule has 1 fully saturated rings. The second-order valence-corrected chi connectivity index (χ2v) is 11.9. The number of hydrogen-bond acceptors (Lipinski definition) is 8. The third kappa shape index (κ3) is 4.67. The zero-order valence-corrected chi connectivity index (χ0v) is 23.7. The number of hydrogen-bond donors (Lipinski definition) is 1. The number of anilines is 1. The smallest absolute Gasteiger partial charge is 0.294 e. The molecule has 3 amide bonds. The Labute approximate surface area is 239 Å². The predicted octanol–water partition coefficient (Wildman–Crippen LogP) is 5.35. The van der Waals surface area contributed by atoms with Crippen molar-refractivity contribution in [1.29, 1.82) is 5.26 Å². The normalized spacial score (nSPS) is 17.2. The molecule has 204 valence electrons. The molecule has 0 radical (unpaired) electrons. The van der Waals surface area contributed by atoms with Crippen molar-refractivity contribution >= 4 is 51.9 Å². The van der Waals surface area contributed by atoms with E-state index in [9.17, 15) is 19.6 Å². The lowest BCUT2D eigenvalue weighted by atomic mass is 9.96. The van der Waals surface area contributed by atoms with Gasteiger partial charge in [0.05, 0.1) is 10.5 Å². The van der Waals surface area contributed by atoms with Gasteiger partial charge in [-0.1, -0.05) is 0 Å². The van der Waals surface area contributed by atoms with Gasteiger partial charge in [-0.3, -0.25) is 19.3 Å². The number of amides is 3. The van der Waals surface area contributed by atoms with E-state index in [4.69, 9.17) is 9.47 Å². The quantitative estimate of drug-likeness (QED) is 0.409. The van der Waals surface area contributed by atoms with Gasteiger partial charge in [0.1, 0.15) is 30.8 Å². The molecule has 3 aliphatic rings. The van der Waals surface area contributed by atoms with Gasteiger partial charge < -0.3 is 19.4 Å². The molecule has 0 unspecified atom stereocenters. The van der Waals surface area contributed by atoms with E-state index in [0.717, 1.165) is 69.9 Å². The molecular formula is C29H26N4O5S2. The second kappa shape index (κ2) is 10.5. The standard InChI is InChI=1S/C29H26N4O5S2/c1-16-11-18(17(2)33(16)28-21(14-30)20-5-3-4-6-24(20)39-28)12-25-27(35)32(29(36)40-25)15-26(34)31-19-7-8-22-23(13-19)38-10-9-37-22/h7-8,11-13H,3-6,9-10,15H2,1-2H3,(H,31,34). The van der Waals surface area contributed by atoms with E-state index in [-0.39, 0.29) is 4.91 Å². The molecule has 1 saturated heterocycles. The highest BCUT2D eigenvalue weighted by Gasteiger charge is 2.36. The molecule has 11 heteroatoms. The summed E-state index contributed by atoms with van der Waals surface area (Å²) in [5.74, 6) is 0.119. The summed E-state index contributed by atoms with van der Waals surface area (Å²) in [6.07, 6.45) is 5.85. The Hall–Kier alpha value is -4.01. The maximum atomic E-state index is 13.2. The fourth-order valence-corrected chi connectivity index (χ4v) is 7.59. The van der Waals surface area contributed by atoms with Crippen LogP contribution < -0.4 is 14.8 Å². The molecule has 9 nitrogen and oxygen atoms in total. The molecule has 6 rings (SSSR count). The van der Waals surface area contributed by atoms with Crippen molar-refractivity contribution in [2.75, 3.05) is 25.1 Å². The summed E-state index contributed by atoms with van der Waals surface area (Å²) < 4.78 is 13.1. The van der Waals surface area contributed by atoms with Gasteiger partial charge in [-0.2, -0.15) is 5.26 Å². The van der Waals surface area contributed by atoms with E-state index >= 15 is 0 Å². The number of carbonyl (C=O) groups is 3. The van der Waals surface area contributed by atoms with E-state index in [1.807, 2.05) is 19.9 Å². The van der Waals surface area contributed by atoms with E-state index in [1.165, 1.54) is 10.4 Å². The number of aromatic nitrogens is 1. The van der Waals surface area contributed by atoms with Crippen LogP contribution in [0.3, 0.4) is 0 Å². The summed E-state index contributed by atoms with van der Waals surface area (Å²) in [4.78, 5) is 41.1. The average Bonchev–Trinajstić information content (AvgIpc) is 3.54. The Morgan fingerprint density at radius 1 is 1.12 bits per heavy atom. The number of thioether (sulfide) groups is 1. The summed E-state index contributed by atoms with van der Waals surface area (Å²) in [6, 6.07) is 9.41. The first kappa shape index (κ1) is 26.2. The summed E-state index contributed by atoms with van der Waals surface area (Å²) >= 11 is 2.48. The van der Waals surface area contributed by atoms with Crippen molar-refractivity contribution in [2.45, 2.75) is 39.5 Å². The molecule has 1 N–H and O–H groups in total. The van der Waals surface area contributed by atoms with Crippen LogP contribution in [0.2, 0.25) is 0 Å². The zero-order valence-electron chi connectivity index (χ0n) is 22.0. The molecule has 0 saturated carbocycles. The van der Waals surface area contributed by atoms with Gasteiger partial charge in [0.15, 0.2) is 11.5 Å². The fraction of sp³-hybridized carbons (Fsp3) is 0.310. The summed E-state index contributed by atoms with van der Waals surface area (Å²) in [7, 11) is 0. The minimum Gasteiger partial charge on any atom is -0.486 e. The number of nitrogens with one attached hydrogen (secondary N) is 1. The SMILES string of the molecule is Cc1cc(C=C2SC(=O)N(CC(=O)Nc3ccc4c(c3)OCCO4)C2=O)c(C)n1-c1sc2c(c1C#N)CCCC2. The number of carbonyl (C=O) groups excluding carboxylic acids is 3. The lowest BCUT2D eigenvalue weighted by molar-refractivity contribution is -0.127. The summed E-state index contributed by atoms with van der Waals surface area (Å²) in [5, 5.41) is 13.1. The van der Waals surface area contributed by atoms with E-state index in [1.54, 1.807) is 35.6 Å². The van der Waals surface area contributed by atoms with Crippen molar-refractivity contribution in [3.05, 3.63) is 62.1 Å². The highest BCUT2D eigenvalue weighted by molar-refractivity contribution is 8.18. The molecule has 2 aromatic heterocycles. The summed E-state index contributed by atoms with van der Waals surface area (Å²) in [5.41, 5.74) is 5.00. The second-order valence-electron chi connectivity index (χ2n) is 9.84. The monoisotopic (exact) mass is 574 g/mol. The van der Waals surface area contributed by atoms with Gasteiger partial charge in [0.2, 0.25) is 5.91 Å². The molecule has 2 aliphatic heterocycles. The number of rotatable bonds is 5. The molecule has 1 aliphatic carbocycles. The number of imide groups is 1. The average molecular weight is 575 g/mol. The number of benzene rings is 1. The Kier molecular flexibility index (Phi) is 6.90. The van der Waals surface area contributed by atoms with E-state index in [2.05, 4.69) is 16.0 Å². The van der Waals surface area contributed by atoms with E-state index in [0.29, 0.717) is 30.4 Å². The number of aryl methyl sites for hydroxylation is 2. The van der Waals surface area contributed by atoms with Gasteiger partial charge in [-0.15, -0.1) is 11.3 Å². The molecule has 0 atom stereocenters. The van der Waals surface area contributed by atoms with Gasteiger partial charge in [-0.05, 0) is 86.7 Å². The lowest BCUT2D eigenvalue weighted by Crippen LogP contribution is -2.36. The molecule has 3 aromatic rings. The van der Waals surface area contributed by atoms with E-state index < -0.39 is 23.6 Å².